The maximum Gasteiger partial charge on any atom is 0.345 e. The third kappa shape index (κ3) is 4.74. The lowest BCUT2D eigenvalue weighted by atomic mass is 9.97. The van der Waals surface area contributed by atoms with Gasteiger partial charge in [0.05, 0.1) is 9.85 Å². The molecule has 12 nitrogen and oxygen atoms in total. The van der Waals surface area contributed by atoms with Crippen LogP contribution in [0.15, 0.2) is 42.7 Å². The fourth-order valence-corrected chi connectivity index (χ4v) is 3.51. The molecule has 0 aliphatic heterocycles. The maximum absolute atomic E-state index is 12.7. The molecule has 0 spiro atoms. The van der Waals surface area contributed by atoms with Gasteiger partial charge in [0.2, 0.25) is 11.8 Å². The minimum atomic E-state index is -1.35. The zero-order valence-electron chi connectivity index (χ0n) is 14.2. The summed E-state index contributed by atoms with van der Waals surface area (Å²) in [7, 11) is 0. The highest BCUT2D eigenvalue weighted by atomic mass is 32.1. The van der Waals surface area contributed by atoms with Crippen molar-refractivity contribution < 1.29 is 19.4 Å². The van der Waals surface area contributed by atoms with Gasteiger partial charge in [-0.1, -0.05) is 30.3 Å². The minimum absolute atomic E-state index is 0.0414. The first-order valence-corrected chi connectivity index (χ1v) is 9.35. The monoisotopic (exact) mass is 434 g/mol. The van der Waals surface area contributed by atoms with Crippen molar-refractivity contribution in [2.75, 3.05) is 10.6 Å². The standard InChI is InChI=1S/C15H10N6O6S2/c22-12(18-14-16-6-9(28-14)20(24)25)11(8-4-2-1-3-5-8)13(23)19-15-17-7-10(29-15)21(26)27/h1-7,11H,(H,16,18,22)(H,17,19,23). The summed E-state index contributed by atoms with van der Waals surface area (Å²) in [6, 6.07) is 8.07. The van der Waals surface area contributed by atoms with E-state index in [4.69, 9.17) is 0 Å². The second-order valence-corrected chi connectivity index (χ2v) is 7.36. The Kier molecular flexibility index (Phi) is 5.85. The first kappa shape index (κ1) is 20.0. The van der Waals surface area contributed by atoms with Crippen molar-refractivity contribution in [1.29, 1.82) is 0 Å². The van der Waals surface area contributed by atoms with Crippen LogP contribution in [0.3, 0.4) is 0 Å². The van der Waals surface area contributed by atoms with Crippen LogP contribution in [0.25, 0.3) is 0 Å². The molecule has 2 aromatic heterocycles. The Morgan fingerprint density at radius 3 is 1.69 bits per heavy atom. The second kappa shape index (κ2) is 8.49. The number of carbonyl (C=O) groups excluding carboxylic acids is 2. The van der Waals surface area contributed by atoms with Gasteiger partial charge in [0, 0.05) is 0 Å². The van der Waals surface area contributed by atoms with E-state index in [-0.39, 0.29) is 20.3 Å². The zero-order chi connectivity index (χ0) is 21.0. The number of hydrogen-bond donors (Lipinski definition) is 2. The molecule has 0 fully saturated rings. The molecule has 2 amide bonds. The number of anilines is 2. The smallest absolute Gasteiger partial charge is 0.301 e. The van der Waals surface area contributed by atoms with Gasteiger partial charge in [0.15, 0.2) is 10.3 Å². The van der Waals surface area contributed by atoms with E-state index < -0.39 is 27.6 Å². The Labute approximate surface area is 169 Å². The first-order valence-electron chi connectivity index (χ1n) is 7.72. The molecule has 29 heavy (non-hydrogen) atoms. The van der Waals surface area contributed by atoms with Gasteiger partial charge in [-0.2, -0.15) is 0 Å². The molecule has 0 atom stereocenters. The summed E-state index contributed by atoms with van der Waals surface area (Å²) in [6.45, 7) is 0. The molecule has 0 unspecified atom stereocenters. The highest BCUT2D eigenvalue weighted by Crippen LogP contribution is 2.29. The molecular weight excluding hydrogens is 424 g/mol. The van der Waals surface area contributed by atoms with Crippen LogP contribution >= 0.6 is 22.7 Å². The van der Waals surface area contributed by atoms with Crippen molar-refractivity contribution >= 4 is 54.8 Å². The summed E-state index contributed by atoms with van der Waals surface area (Å²) in [5, 5.41) is 25.7. The number of hydrogen-bond acceptors (Lipinski definition) is 10. The van der Waals surface area contributed by atoms with E-state index in [0.29, 0.717) is 28.2 Å². The van der Waals surface area contributed by atoms with E-state index in [0.717, 1.165) is 12.4 Å². The Morgan fingerprint density at radius 2 is 1.31 bits per heavy atom. The topological polar surface area (TPSA) is 170 Å². The summed E-state index contributed by atoms with van der Waals surface area (Å²) in [6.07, 6.45) is 1.99. The largest absolute Gasteiger partial charge is 0.345 e. The molecule has 0 aliphatic rings. The van der Waals surface area contributed by atoms with Crippen LogP contribution in [0, 0.1) is 20.2 Å². The summed E-state index contributed by atoms with van der Waals surface area (Å²) in [5.74, 6) is -2.89. The summed E-state index contributed by atoms with van der Waals surface area (Å²) >= 11 is 1.29. The van der Waals surface area contributed by atoms with Crippen LogP contribution in [-0.2, 0) is 9.59 Å². The van der Waals surface area contributed by atoms with Crippen molar-refractivity contribution in [2.24, 2.45) is 0 Å². The van der Waals surface area contributed by atoms with Crippen molar-refractivity contribution in [1.82, 2.24) is 9.97 Å². The number of nitro groups is 2. The van der Waals surface area contributed by atoms with Gasteiger partial charge in [-0.25, -0.2) is 9.97 Å². The van der Waals surface area contributed by atoms with Crippen LogP contribution < -0.4 is 10.6 Å². The molecule has 3 aromatic rings. The number of nitrogens with one attached hydrogen (secondary N) is 2. The summed E-state index contributed by atoms with van der Waals surface area (Å²) < 4.78 is 0. The van der Waals surface area contributed by atoms with Crippen molar-refractivity contribution in [3.05, 3.63) is 68.5 Å². The average Bonchev–Trinajstić information content (AvgIpc) is 3.32. The van der Waals surface area contributed by atoms with E-state index in [1.54, 1.807) is 30.3 Å². The fourth-order valence-electron chi connectivity index (χ4n) is 2.24. The number of amides is 2. The zero-order valence-corrected chi connectivity index (χ0v) is 15.8. The summed E-state index contributed by atoms with van der Waals surface area (Å²) in [4.78, 5) is 53.2. The first-order chi connectivity index (χ1) is 13.8. The lowest BCUT2D eigenvalue weighted by Gasteiger charge is -2.15. The quantitative estimate of drug-likeness (QED) is 0.325. The Hall–Kier alpha value is -3.78. The van der Waals surface area contributed by atoms with Crippen molar-refractivity contribution in [3.63, 3.8) is 0 Å². The summed E-state index contributed by atoms with van der Waals surface area (Å²) in [5.41, 5.74) is 0.347. The van der Waals surface area contributed by atoms with Crippen LogP contribution in [0.2, 0.25) is 0 Å². The highest BCUT2D eigenvalue weighted by Gasteiger charge is 2.30. The molecule has 2 heterocycles. The number of thiazole rings is 2. The number of carbonyl (C=O) groups is 2. The van der Waals surface area contributed by atoms with Gasteiger partial charge in [-0.3, -0.25) is 29.8 Å². The van der Waals surface area contributed by atoms with E-state index in [1.807, 2.05) is 0 Å². The van der Waals surface area contributed by atoms with Gasteiger partial charge in [-0.15, -0.1) is 0 Å². The van der Waals surface area contributed by atoms with Gasteiger partial charge in [-0.05, 0) is 28.2 Å². The van der Waals surface area contributed by atoms with Crippen molar-refractivity contribution in [3.8, 4) is 0 Å². The molecule has 2 N–H and O–H groups in total. The molecule has 14 heteroatoms. The fraction of sp³-hybridized carbons (Fsp3) is 0.0667. The minimum Gasteiger partial charge on any atom is -0.301 e. The third-order valence-electron chi connectivity index (χ3n) is 3.46. The molecule has 0 aliphatic carbocycles. The van der Waals surface area contributed by atoms with Crippen LogP contribution in [0.1, 0.15) is 11.5 Å². The van der Waals surface area contributed by atoms with E-state index >= 15 is 0 Å². The Morgan fingerprint density at radius 1 is 0.862 bits per heavy atom. The van der Waals surface area contributed by atoms with Crippen LogP contribution in [-0.4, -0.2) is 31.6 Å². The van der Waals surface area contributed by atoms with Crippen LogP contribution in [0.4, 0.5) is 20.3 Å². The Bertz CT molecular complexity index is 1020. The SMILES string of the molecule is O=C(Nc1ncc([N+](=O)[O-])s1)C(C(=O)Nc1ncc([N+](=O)[O-])s1)c1ccccc1. The second-order valence-electron chi connectivity index (χ2n) is 5.34. The Balaban J connectivity index is 1.83. The van der Waals surface area contributed by atoms with Crippen molar-refractivity contribution in [2.45, 2.75) is 5.92 Å². The molecule has 1 aromatic carbocycles. The molecule has 0 saturated carbocycles. The lowest BCUT2D eigenvalue weighted by Crippen LogP contribution is -2.32. The number of nitrogens with zero attached hydrogens (tertiary/aromatic N) is 4. The molecule has 0 saturated heterocycles. The van der Waals surface area contributed by atoms with Crippen LogP contribution in [0.5, 0.6) is 0 Å². The highest BCUT2D eigenvalue weighted by molar-refractivity contribution is 7.19. The van der Waals surface area contributed by atoms with Gasteiger partial charge in [0.25, 0.3) is 0 Å². The maximum atomic E-state index is 12.7. The molecule has 0 bridgehead atoms. The third-order valence-corrected chi connectivity index (χ3v) is 5.19. The molecular formula is C15H10N6O6S2. The van der Waals surface area contributed by atoms with Gasteiger partial charge < -0.3 is 10.6 Å². The predicted molar refractivity (Wildman–Crippen MR) is 104 cm³/mol. The number of rotatable bonds is 7. The number of aromatic nitrogens is 2. The van der Waals surface area contributed by atoms with Gasteiger partial charge in [0.1, 0.15) is 18.3 Å². The number of benzene rings is 1. The molecule has 3 rings (SSSR count). The van der Waals surface area contributed by atoms with E-state index in [1.165, 1.54) is 0 Å². The molecule has 0 radical (unpaired) electrons. The van der Waals surface area contributed by atoms with Gasteiger partial charge >= 0.3 is 10.0 Å². The normalized spacial score (nSPS) is 10.5. The lowest BCUT2D eigenvalue weighted by molar-refractivity contribution is -0.380. The van der Waals surface area contributed by atoms with E-state index in [9.17, 15) is 29.8 Å². The average molecular weight is 434 g/mol. The predicted octanol–water partition coefficient (Wildman–Crippen LogP) is 2.78. The molecule has 148 valence electrons. The van der Waals surface area contributed by atoms with E-state index in [2.05, 4.69) is 20.6 Å².